The maximum absolute atomic E-state index is 13.0. The molecular weight excluding hydrogens is 419 g/mol. The molecule has 1 N–H and O–H groups in total. The first-order chi connectivity index (χ1) is 13.2. The second-order valence-electron chi connectivity index (χ2n) is 7.08. The molecular formula is C20H22Cl2N2O3S. The Morgan fingerprint density at radius 1 is 1.14 bits per heavy atom. The highest BCUT2D eigenvalue weighted by Gasteiger charge is 2.34. The predicted molar refractivity (Wildman–Crippen MR) is 112 cm³/mol. The Kier molecular flexibility index (Phi) is 6.34. The lowest BCUT2D eigenvalue weighted by Crippen LogP contribution is -2.43. The summed E-state index contributed by atoms with van der Waals surface area (Å²) in [6.45, 7) is 4.34. The summed E-state index contributed by atoms with van der Waals surface area (Å²) in [7, 11) is -3.83. The molecule has 1 aliphatic rings. The number of nitrogens with one attached hydrogen (secondary N) is 1. The van der Waals surface area contributed by atoms with Gasteiger partial charge < -0.3 is 5.32 Å². The summed E-state index contributed by atoms with van der Waals surface area (Å²) in [5.41, 5.74) is 2.76. The van der Waals surface area contributed by atoms with Crippen molar-refractivity contribution in [1.29, 1.82) is 0 Å². The molecule has 0 aliphatic carbocycles. The van der Waals surface area contributed by atoms with Gasteiger partial charge in [0.2, 0.25) is 15.9 Å². The number of sulfonamides is 1. The molecule has 1 aliphatic heterocycles. The third-order valence-electron chi connectivity index (χ3n) is 4.92. The van der Waals surface area contributed by atoms with Crippen LogP contribution in [0.4, 0.5) is 5.69 Å². The molecule has 5 nitrogen and oxygen atoms in total. The zero-order valence-electron chi connectivity index (χ0n) is 15.7. The highest BCUT2D eigenvalue weighted by molar-refractivity contribution is 7.89. The second kappa shape index (κ2) is 8.41. The molecule has 3 rings (SSSR count). The Morgan fingerprint density at radius 3 is 2.64 bits per heavy atom. The number of hydrogen-bond donors (Lipinski definition) is 1. The number of halogens is 2. The molecule has 1 fully saturated rings. The third kappa shape index (κ3) is 4.51. The molecule has 0 saturated carbocycles. The van der Waals surface area contributed by atoms with Crippen LogP contribution in [0.1, 0.15) is 24.0 Å². The summed E-state index contributed by atoms with van der Waals surface area (Å²) >= 11 is 12.0. The van der Waals surface area contributed by atoms with E-state index in [0.717, 1.165) is 16.8 Å². The molecule has 0 aromatic heterocycles. The van der Waals surface area contributed by atoms with Crippen LogP contribution >= 0.6 is 23.2 Å². The van der Waals surface area contributed by atoms with Crippen molar-refractivity contribution in [3.63, 3.8) is 0 Å². The van der Waals surface area contributed by atoms with Gasteiger partial charge in [0.1, 0.15) is 4.90 Å². The summed E-state index contributed by atoms with van der Waals surface area (Å²) in [6.07, 6.45) is 1.23. The van der Waals surface area contributed by atoms with Crippen LogP contribution in [0.2, 0.25) is 10.0 Å². The van der Waals surface area contributed by atoms with Gasteiger partial charge in [0.05, 0.1) is 10.9 Å². The molecule has 2 aromatic rings. The monoisotopic (exact) mass is 440 g/mol. The number of amides is 1. The highest BCUT2D eigenvalue weighted by Crippen LogP contribution is 2.31. The number of hydrogen-bond acceptors (Lipinski definition) is 3. The molecule has 0 spiro atoms. The van der Waals surface area contributed by atoms with Gasteiger partial charge in [0.15, 0.2) is 0 Å². The molecule has 28 heavy (non-hydrogen) atoms. The van der Waals surface area contributed by atoms with Crippen LogP contribution in [-0.4, -0.2) is 31.7 Å². The highest BCUT2D eigenvalue weighted by atomic mass is 35.5. The zero-order chi connectivity index (χ0) is 20.5. The van der Waals surface area contributed by atoms with Gasteiger partial charge in [-0.15, -0.1) is 0 Å². The van der Waals surface area contributed by atoms with E-state index in [1.54, 1.807) is 6.07 Å². The molecule has 2 aromatic carbocycles. The number of aryl methyl sites for hydroxylation is 2. The van der Waals surface area contributed by atoms with Crippen LogP contribution in [0.3, 0.4) is 0 Å². The molecule has 8 heteroatoms. The van der Waals surface area contributed by atoms with Gasteiger partial charge in [-0.3, -0.25) is 4.79 Å². The first-order valence-electron chi connectivity index (χ1n) is 9.02. The summed E-state index contributed by atoms with van der Waals surface area (Å²) in [5, 5.41) is 3.36. The Balaban J connectivity index is 1.79. The third-order valence-corrected chi connectivity index (χ3v) is 7.50. The summed E-state index contributed by atoms with van der Waals surface area (Å²) in [6, 6.07) is 10.2. The van der Waals surface area contributed by atoms with Crippen molar-refractivity contribution in [3.8, 4) is 0 Å². The number of rotatable bonds is 4. The zero-order valence-corrected chi connectivity index (χ0v) is 18.0. The molecule has 0 radical (unpaired) electrons. The average molecular weight is 441 g/mol. The second-order valence-corrected chi connectivity index (χ2v) is 9.83. The lowest BCUT2D eigenvalue weighted by Gasteiger charge is -2.31. The maximum Gasteiger partial charge on any atom is 0.244 e. The number of benzene rings is 2. The van der Waals surface area contributed by atoms with Crippen molar-refractivity contribution < 1.29 is 13.2 Å². The fourth-order valence-electron chi connectivity index (χ4n) is 3.29. The maximum atomic E-state index is 13.0. The molecule has 0 unspecified atom stereocenters. The normalized spacial score (nSPS) is 18.1. The van der Waals surface area contributed by atoms with Gasteiger partial charge in [0.25, 0.3) is 0 Å². The van der Waals surface area contributed by atoms with E-state index in [0.29, 0.717) is 24.4 Å². The van der Waals surface area contributed by atoms with E-state index in [1.807, 2.05) is 32.0 Å². The number of nitrogens with zero attached hydrogens (tertiary/aromatic N) is 1. The fraction of sp³-hybridized carbons (Fsp3) is 0.350. The topological polar surface area (TPSA) is 66.5 Å². The lowest BCUT2D eigenvalue weighted by atomic mass is 9.98. The van der Waals surface area contributed by atoms with Gasteiger partial charge in [-0.25, -0.2) is 8.42 Å². The lowest BCUT2D eigenvalue weighted by molar-refractivity contribution is -0.120. The summed E-state index contributed by atoms with van der Waals surface area (Å²) < 4.78 is 27.4. The molecule has 1 saturated heterocycles. The molecule has 150 valence electrons. The van der Waals surface area contributed by atoms with Crippen molar-refractivity contribution >= 4 is 44.8 Å². The summed E-state index contributed by atoms with van der Waals surface area (Å²) in [5.74, 6) is -0.604. The number of carbonyl (C=O) groups excluding carboxylic acids is 1. The predicted octanol–water partition coefficient (Wildman–Crippen LogP) is 4.65. The van der Waals surface area contributed by atoms with E-state index in [4.69, 9.17) is 23.2 Å². The van der Waals surface area contributed by atoms with Crippen molar-refractivity contribution in [1.82, 2.24) is 4.31 Å². The smallest absolute Gasteiger partial charge is 0.244 e. The minimum absolute atomic E-state index is 0.0303. The van der Waals surface area contributed by atoms with Crippen molar-refractivity contribution in [2.75, 3.05) is 18.4 Å². The van der Waals surface area contributed by atoms with Crippen LogP contribution in [0.25, 0.3) is 0 Å². The largest absolute Gasteiger partial charge is 0.326 e. The van der Waals surface area contributed by atoms with Crippen LogP contribution in [0.15, 0.2) is 41.3 Å². The Bertz CT molecular complexity index is 1010. The van der Waals surface area contributed by atoms with Crippen LogP contribution in [-0.2, 0) is 14.8 Å². The van der Waals surface area contributed by atoms with E-state index >= 15 is 0 Å². The Morgan fingerprint density at radius 2 is 1.89 bits per heavy atom. The molecule has 1 amide bonds. The van der Waals surface area contributed by atoms with E-state index in [1.165, 1.54) is 16.4 Å². The standard InChI is InChI=1S/C20H22Cl2N2O3S/c1-13-5-6-14(2)18(10-13)23-20(25)15-4-3-9-24(12-15)28(26,27)19-11-16(21)7-8-17(19)22/h5-8,10-11,15H,3-4,9,12H2,1-2H3,(H,23,25)/t15-/m1/s1. The van der Waals surface area contributed by atoms with Crippen molar-refractivity contribution in [2.45, 2.75) is 31.6 Å². The van der Waals surface area contributed by atoms with Crippen molar-refractivity contribution in [3.05, 3.63) is 57.6 Å². The van der Waals surface area contributed by atoms with Gasteiger partial charge in [-0.2, -0.15) is 4.31 Å². The van der Waals surface area contributed by atoms with Gasteiger partial charge >= 0.3 is 0 Å². The van der Waals surface area contributed by atoms with Gasteiger partial charge in [-0.05, 0) is 62.1 Å². The van der Waals surface area contributed by atoms with Crippen LogP contribution < -0.4 is 5.32 Å². The number of carbonyl (C=O) groups is 1. The number of piperidine rings is 1. The Hall–Kier alpha value is -1.60. The number of anilines is 1. The van der Waals surface area contributed by atoms with E-state index in [-0.39, 0.29) is 22.4 Å². The van der Waals surface area contributed by atoms with E-state index < -0.39 is 15.9 Å². The Labute approximate surface area is 175 Å². The molecule has 1 heterocycles. The molecule has 1 atom stereocenters. The first kappa shape index (κ1) is 21.1. The SMILES string of the molecule is Cc1ccc(C)c(NC(=O)[C@@H]2CCCN(S(=O)(=O)c3cc(Cl)ccc3Cl)C2)c1. The van der Waals surface area contributed by atoms with Gasteiger partial charge in [-0.1, -0.05) is 35.3 Å². The minimum Gasteiger partial charge on any atom is -0.326 e. The van der Waals surface area contributed by atoms with E-state index in [2.05, 4.69) is 5.32 Å². The van der Waals surface area contributed by atoms with Crippen LogP contribution in [0, 0.1) is 19.8 Å². The first-order valence-corrected chi connectivity index (χ1v) is 11.2. The van der Waals surface area contributed by atoms with Crippen molar-refractivity contribution in [2.24, 2.45) is 5.92 Å². The molecule has 0 bridgehead atoms. The quantitative estimate of drug-likeness (QED) is 0.751. The van der Waals surface area contributed by atoms with E-state index in [9.17, 15) is 13.2 Å². The summed E-state index contributed by atoms with van der Waals surface area (Å²) in [4.78, 5) is 12.8. The van der Waals surface area contributed by atoms with Crippen LogP contribution in [0.5, 0.6) is 0 Å². The average Bonchev–Trinajstić information content (AvgIpc) is 2.66. The van der Waals surface area contributed by atoms with Gasteiger partial charge in [0, 0.05) is 23.8 Å². The minimum atomic E-state index is -3.83. The fourth-order valence-corrected chi connectivity index (χ4v) is 5.56.